The molecule has 0 fully saturated rings. The molecule has 1 N–H and O–H groups in total. The van der Waals surface area contributed by atoms with Gasteiger partial charge in [0.15, 0.2) is 0 Å². The van der Waals surface area contributed by atoms with E-state index in [9.17, 15) is 14.4 Å². The zero-order chi connectivity index (χ0) is 22.4. The number of hydrogen-bond donors (Lipinski definition) is 1. The Morgan fingerprint density at radius 3 is 2.42 bits per heavy atom. The van der Waals surface area contributed by atoms with Crippen LogP contribution in [0.3, 0.4) is 0 Å². The van der Waals surface area contributed by atoms with Crippen LogP contribution in [0.4, 0.5) is 0 Å². The summed E-state index contributed by atoms with van der Waals surface area (Å²) in [4.78, 5) is 39.3. The van der Waals surface area contributed by atoms with Crippen LogP contribution < -0.4 is 5.32 Å². The monoisotopic (exact) mass is 422 g/mol. The zero-order valence-corrected chi connectivity index (χ0v) is 18.3. The SMILES string of the molecule is CC(=O)N1CCc2ccccc2C1CC(=O)NC(CC(=O)OC(C)C)c1ccccc1. The first-order valence-corrected chi connectivity index (χ1v) is 10.7. The maximum Gasteiger partial charge on any atom is 0.308 e. The third-order valence-corrected chi connectivity index (χ3v) is 5.47. The van der Waals surface area contributed by atoms with E-state index in [1.807, 2.05) is 54.6 Å². The second-order valence-corrected chi connectivity index (χ2v) is 8.15. The molecule has 2 unspecified atom stereocenters. The van der Waals surface area contributed by atoms with Crippen molar-refractivity contribution in [2.45, 2.75) is 58.2 Å². The first kappa shape index (κ1) is 22.5. The molecule has 6 nitrogen and oxygen atoms in total. The van der Waals surface area contributed by atoms with Crippen LogP contribution in [0.15, 0.2) is 54.6 Å². The second kappa shape index (κ2) is 10.2. The summed E-state index contributed by atoms with van der Waals surface area (Å²) >= 11 is 0. The third-order valence-electron chi connectivity index (χ3n) is 5.47. The maximum absolute atomic E-state index is 13.1. The minimum atomic E-state index is -0.496. The van der Waals surface area contributed by atoms with Crippen LogP contribution >= 0.6 is 0 Å². The highest BCUT2D eigenvalue weighted by atomic mass is 16.5. The number of fused-ring (bicyclic) bond motifs is 1. The molecule has 2 aromatic carbocycles. The summed E-state index contributed by atoms with van der Waals surface area (Å²) in [6.45, 7) is 5.72. The summed E-state index contributed by atoms with van der Waals surface area (Å²) in [6.07, 6.45) is 0.745. The van der Waals surface area contributed by atoms with Gasteiger partial charge in [0.2, 0.25) is 11.8 Å². The van der Waals surface area contributed by atoms with E-state index in [4.69, 9.17) is 4.74 Å². The lowest BCUT2D eigenvalue weighted by atomic mass is 9.90. The number of amides is 2. The van der Waals surface area contributed by atoms with Crippen molar-refractivity contribution in [3.63, 3.8) is 0 Å². The summed E-state index contributed by atoms with van der Waals surface area (Å²) < 4.78 is 5.29. The third kappa shape index (κ3) is 5.94. The Morgan fingerprint density at radius 1 is 1.06 bits per heavy atom. The van der Waals surface area contributed by atoms with Crippen molar-refractivity contribution >= 4 is 17.8 Å². The van der Waals surface area contributed by atoms with E-state index < -0.39 is 6.04 Å². The number of nitrogens with one attached hydrogen (secondary N) is 1. The van der Waals surface area contributed by atoms with Crippen molar-refractivity contribution in [3.8, 4) is 0 Å². The van der Waals surface area contributed by atoms with Gasteiger partial charge < -0.3 is 15.0 Å². The Labute approximate surface area is 183 Å². The molecule has 0 saturated carbocycles. The van der Waals surface area contributed by atoms with E-state index in [-0.39, 0.29) is 42.8 Å². The largest absolute Gasteiger partial charge is 0.463 e. The van der Waals surface area contributed by atoms with Gasteiger partial charge in [0.25, 0.3) is 0 Å². The molecule has 164 valence electrons. The number of hydrogen-bond acceptors (Lipinski definition) is 4. The molecule has 31 heavy (non-hydrogen) atoms. The van der Waals surface area contributed by atoms with E-state index in [1.165, 1.54) is 6.92 Å². The zero-order valence-electron chi connectivity index (χ0n) is 18.3. The van der Waals surface area contributed by atoms with Crippen LogP contribution in [0.5, 0.6) is 0 Å². The Kier molecular flexibility index (Phi) is 7.45. The highest BCUT2D eigenvalue weighted by Crippen LogP contribution is 2.32. The lowest BCUT2D eigenvalue weighted by molar-refractivity contribution is -0.148. The molecule has 0 radical (unpaired) electrons. The molecule has 0 bridgehead atoms. The average molecular weight is 423 g/mol. The van der Waals surface area contributed by atoms with Gasteiger partial charge in [-0.15, -0.1) is 0 Å². The van der Waals surface area contributed by atoms with Crippen molar-refractivity contribution in [1.29, 1.82) is 0 Å². The molecular weight excluding hydrogens is 392 g/mol. The Hall–Kier alpha value is -3.15. The Morgan fingerprint density at radius 2 is 1.74 bits per heavy atom. The summed E-state index contributed by atoms with van der Waals surface area (Å²) in [6, 6.07) is 16.5. The highest BCUT2D eigenvalue weighted by Gasteiger charge is 2.31. The molecule has 2 amide bonds. The molecule has 1 aliphatic rings. The number of carbonyl (C=O) groups is 3. The van der Waals surface area contributed by atoms with Gasteiger partial charge in [-0.25, -0.2) is 0 Å². The molecule has 2 atom stereocenters. The van der Waals surface area contributed by atoms with Gasteiger partial charge in [-0.3, -0.25) is 14.4 Å². The van der Waals surface area contributed by atoms with Crippen molar-refractivity contribution < 1.29 is 19.1 Å². The van der Waals surface area contributed by atoms with Crippen molar-refractivity contribution in [2.75, 3.05) is 6.54 Å². The molecular formula is C25H30N2O4. The molecule has 1 heterocycles. The summed E-state index contributed by atoms with van der Waals surface area (Å²) in [7, 11) is 0. The van der Waals surface area contributed by atoms with Gasteiger partial charge in [0, 0.05) is 13.5 Å². The predicted octanol–water partition coefficient (Wildman–Crippen LogP) is 3.72. The summed E-state index contributed by atoms with van der Waals surface area (Å²) in [5.41, 5.74) is 3.01. The molecule has 0 spiro atoms. The van der Waals surface area contributed by atoms with E-state index in [0.717, 1.165) is 23.1 Å². The van der Waals surface area contributed by atoms with Crippen LogP contribution in [0.1, 0.15) is 62.4 Å². The average Bonchev–Trinajstić information content (AvgIpc) is 2.73. The number of esters is 1. The van der Waals surface area contributed by atoms with Gasteiger partial charge in [-0.2, -0.15) is 0 Å². The normalized spacial score (nSPS) is 16.4. The predicted molar refractivity (Wildman–Crippen MR) is 118 cm³/mol. The fourth-order valence-electron chi connectivity index (χ4n) is 4.09. The van der Waals surface area contributed by atoms with Crippen molar-refractivity contribution in [3.05, 3.63) is 71.3 Å². The van der Waals surface area contributed by atoms with E-state index >= 15 is 0 Å². The Bertz CT molecular complexity index is 926. The number of carbonyl (C=O) groups excluding carboxylic acids is 3. The standard InChI is InChI=1S/C25H30N2O4/c1-17(2)31-25(30)15-22(20-10-5-4-6-11-20)26-24(29)16-23-21-12-8-7-9-19(21)13-14-27(23)18(3)28/h4-12,17,22-23H,13-16H2,1-3H3,(H,26,29). The molecule has 2 aromatic rings. The minimum absolute atomic E-state index is 0.0472. The lowest BCUT2D eigenvalue weighted by Gasteiger charge is -2.36. The fraction of sp³-hybridized carbons (Fsp3) is 0.400. The first-order valence-electron chi connectivity index (χ1n) is 10.7. The maximum atomic E-state index is 13.1. The van der Waals surface area contributed by atoms with E-state index in [1.54, 1.807) is 18.7 Å². The van der Waals surface area contributed by atoms with Crippen LogP contribution in [0.25, 0.3) is 0 Å². The second-order valence-electron chi connectivity index (χ2n) is 8.15. The van der Waals surface area contributed by atoms with Crippen LogP contribution in [-0.4, -0.2) is 35.3 Å². The van der Waals surface area contributed by atoms with Gasteiger partial charge in [-0.05, 0) is 37.0 Å². The molecule has 0 aromatic heterocycles. The van der Waals surface area contributed by atoms with E-state index in [2.05, 4.69) is 5.32 Å². The number of nitrogens with zero attached hydrogens (tertiary/aromatic N) is 1. The fourth-order valence-corrected chi connectivity index (χ4v) is 4.09. The van der Waals surface area contributed by atoms with Crippen LogP contribution in [0.2, 0.25) is 0 Å². The van der Waals surface area contributed by atoms with Crippen LogP contribution in [0, 0.1) is 0 Å². The molecule has 3 rings (SSSR count). The van der Waals surface area contributed by atoms with Crippen LogP contribution in [-0.2, 0) is 25.5 Å². The number of benzene rings is 2. The molecule has 0 aliphatic carbocycles. The summed E-state index contributed by atoms with van der Waals surface area (Å²) in [5, 5.41) is 3.00. The number of rotatable bonds is 7. The quantitative estimate of drug-likeness (QED) is 0.690. The van der Waals surface area contributed by atoms with Gasteiger partial charge in [0.05, 0.1) is 31.0 Å². The van der Waals surface area contributed by atoms with Gasteiger partial charge >= 0.3 is 5.97 Å². The van der Waals surface area contributed by atoms with Crippen molar-refractivity contribution in [1.82, 2.24) is 10.2 Å². The summed E-state index contributed by atoms with van der Waals surface area (Å²) in [5.74, 6) is -0.621. The smallest absolute Gasteiger partial charge is 0.308 e. The van der Waals surface area contributed by atoms with Gasteiger partial charge in [-0.1, -0.05) is 54.6 Å². The molecule has 6 heteroatoms. The van der Waals surface area contributed by atoms with E-state index in [0.29, 0.717) is 6.54 Å². The molecule has 1 aliphatic heterocycles. The highest BCUT2D eigenvalue weighted by molar-refractivity contribution is 5.81. The lowest BCUT2D eigenvalue weighted by Crippen LogP contribution is -2.41. The molecule has 0 saturated heterocycles. The van der Waals surface area contributed by atoms with Crippen molar-refractivity contribution in [2.24, 2.45) is 0 Å². The van der Waals surface area contributed by atoms with Gasteiger partial charge in [0.1, 0.15) is 0 Å². The number of ether oxygens (including phenoxy) is 1. The Balaban J connectivity index is 1.78. The minimum Gasteiger partial charge on any atom is -0.463 e. The topological polar surface area (TPSA) is 75.7 Å². The first-order chi connectivity index (χ1) is 14.8.